The molecule has 1 fully saturated rings. The number of nitrogens with zero attached hydrogens (tertiary/aromatic N) is 4. The van der Waals surface area contributed by atoms with E-state index in [4.69, 9.17) is 10.7 Å². The first-order chi connectivity index (χ1) is 10.8. The van der Waals surface area contributed by atoms with E-state index in [0.717, 1.165) is 19.6 Å². The van der Waals surface area contributed by atoms with Crippen molar-refractivity contribution in [3.05, 3.63) is 28.8 Å². The van der Waals surface area contributed by atoms with Gasteiger partial charge in [0.2, 0.25) is 0 Å². The summed E-state index contributed by atoms with van der Waals surface area (Å²) in [5.74, 6) is 1.98. The van der Waals surface area contributed by atoms with Gasteiger partial charge in [-0.1, -0.05) is 0 Å². The van der Waals surface area contributed by atoms with Crippen molar-refractivity contribution in [2.75, 3.05) is 18.8 Å². The maximum absolute atomic E-state index is 5.71. The number of anilines is 1. The zero-order valence-electron chi connectivity index (χ0n) is 12.9. The summed E-state index contributed by atoms with van der Waals surface area (Å²) >= 11 is 1.61. The highest BCUT2D eigenvalue weighted by Crippen LogP contribution is 2.30. The molecule has 2 aromatic rings. The number of aryl methyl sites for hydroxylation is 1. The van der Waals surface area contributed by atoms with Crippen LogP contribution in [-0.4, -0.2) is 32.5 Å². The van der Waals surface area contributed by atoms with Crippen LogP contribution in [0.1, 0.15) is 48.0 Å². The van der Waals surface area contributed by atoms with Gasteiger partial charge in [-0.25, -0.2) is 9.97 Å². The molecule has 0 bridgehead atoms. The molecule has 0 unspecified atom stereocenters. The van der Waals surface area contributed by atoms with Gasteiger partial charge in [0.1, 0.15) is 5.82 Å². The minimum absolute atomic E-state index is 0.634. The van der Waals surface area contributed by atoms with Gasteiger partial charge in [0.25, 0.3) is 0 Å². The molecule has 0 aliphatic carbocycles. The number of hydrogen-bond donors (Lipinski definition) is 1. The lowest BCUT2D eigenvalue weighted by molar-refractivity contribution is 0.201. The van der Waals surface area contributed by atoms with Gasteiger partial charge in [0.05, 0.1) is 0 Å². The number of hydrogen-bond acceptors (Lipinski definition) is 5. The van der Waals surface area contributed by atoms with Crippen molar-refractivity contribution in [1.82, 2.24) is 19.4 Å². The SMILES string of the molecule is Nc1ncc(CN2CCC(c3ncc4n3CCCC4)CC2)s1. The summed E-state index contributed by atoms with van der Waals surface area (Å²) < 4.78 is 2.49. The monoisotopic (exact) mass is 317 g/mol. The average Bonchev–Trinajstić information content (AvgIpc) is 3.14. The van der Waals surface area contributed by atoms with Crippen molar-refractivity contribution in [2.24, 2.45) is 0 Å². The Morgan fingerprint density at radius 2 is 2.00 bits per heavy atom. The Balaban J connectivity index is 1.38. The lowest BCUT2D eigenvalue weighted by atomic mass is 9.95. The molecule has 0 radical (unpaired) electrons. The molecule has 118 valence electrons. The predicted octanol–water partition coefficient (Wildman–Crippen LogP) is 2.64. The van der Waals surface area contributed by atoms with Crippen LogP contribution in [0.15, 0.2) is 12.4 Å². The third-order valence-corrected chi connectivity index (χ3v) is 5.75. The zero-order chi connectivity index (χ0) is 14.9. The predicted molar refractivity (Wildman–Crippen MR) is 88.9 cm³/mol. The van der Waals surface area contributed by atoms with Crippen LogP contribution in [0, 0.1) is 0 Å². The normalized spacial score (nSPS) is 20.2. The summed E-state index contributed by atoms with van der Waals surface area (Å²) in [6.07, 6.45) is 10.3. The average molecular weight is 317 g/mol. The molecule has 0 spiro atoms. The molecule has 6 heteroatoms. The van der Waals surface area contributed by atoms with Crippen molar-refractivity contribution in [1.29, 1.82) is 0 Å². The van der Waals surface area contributed by atoms with Crippen LogP contribution in [0.5, 0.6) is 0 Å². The van der Waals surface area contributed by atoms with Gasteiger partial charge < -0.3 is 10.3 Å². The Morgan fingerprint density at radius 1 is 1.14 bits per heavy atom. The Morgan fingerprint density at radius 3 is 2.77 bits per heavy atom. The molecule has 4 rings (SSSR count). The summed E-state index contributed by atoms with van der Waals surface area (Å²) in [6, 6.07) is 0. The number of aromatic nitrogens is 3. The molecule has 0 saturated carbocycles. The van der Waals surface area contributed by atoms with Crippen LogP contribution in [0.2, 0.25) is 0 Å². The van der Waals surface area contributed by atoms with Crippen molar-refractivity contribution in [3.63, 3.8) is 0 Å². The number of nitrogen functional groups attached to an aromatic ring is 1. The highest BCUT2D eigenvalue weighted by Gasteiger charge is 2.26. The molecular formula is C16H23N5S. The molecule has 0 amide bonds. The van der Waals surface area contributed by atoms with Gasteiger partial charge >= 0.3 is 0 Å². The first-order valence-electron chi connectivity index (χ1n) is 8.26. The maximum Gasteiger partial charge on any atom is 0.180 e. The zero-order valence-corrected chi connectivity index (χ0v) is 13.7. The van der Waals surface area contributed by atoms with Crippen LogP contribution in [0.3, 0.4) is 0 Å². The number of imidazole rings is 1. The molecule has 2 aliphatic rings. The van der Waals surface area contributed by atoms with Crippen LogP contribution in [-0.2, 0) is 19.5 Å². The molecule has 2 N–H and O–H groups in total. The fourth-order valence-corrected chi connectivity index (χ4v) is 4.48. The molecule has 2 aliphatic heterocycles. The van der Waals surface area contributed by atoms with Crippen LogP contribution in [0.25, 0.3) is 0 Å². The summed E-state index contributed by atoms with van der Waals surface area (Å²) in [7, 11) is 0. The molecule has 0 atom stereocenters. The first kappa shape index (κ1) is 14.2. The van der Waals surface area contributed by atoms with Gasteiger partial charge in [-0.15, -0.1) is 11.3 Å². The van der Waals surface area contributed by atoms with E-state index in [2.05, 4.69) is 20.6 Å². The highest BCUT2D eigenvalue weighted by atomic mass is 32.1. The second-order valence-corrected chi connectivity index (χ2v) is 7.58. The fraction of sp³-hybridized carbons (Fsp3) is 0.625. The van der Waals surface area contributed by atoms with Crippen molar-refractivity contribution in [2.45, 2.75) is 51.1 Å². The molecule has 22 heavy (non-hydrogen) atoms. The smallest absolute Gasteiger partial charge is 0.180 e. The highest BCUT2D eigenvalue weighted by molar-refractivity contribution is 7.15. The minimum Gasteiger partial charge on any atom is -0.375 e. The molecule has 5 nitrogen and oxygen atoms in total. The second-order valence-electron chi connectivity index (χ2n) is 6.43. The Labute approximate surface area is 135 Å². The lowest BCUT2D eigenvalue weighted by Crippen LogP contribution is -2.33. The van der Waals surface area contributed by atoms with E-state index in [9.17, 15) is 0 Å². The van der Waals surface area contributed by atoms with Gasteiger partial charge in [-0.3, -0.25) is 4.90 Å². The molecule has 2 aromatic heterocycles. The van der Waals surface area contributed by atoms with Crippen molar-refractivity contribution in [3.8, 4) is 0 Å². The fourth-order valence-electron chi connectivity index (χ4n) is 3.75. The standard InChI is InChI=1S/C16H23N5S/c17-16-19-10-14(22-16)11-20-7-4-12(5-8-20)15-18-9-13-3-1-2-6-21(13)15/h9-10,12H,1-8,11H2,(H2,17,19). The minimum atomic E-state index is 0.634. The van der Waals surface area contributed by atoms with E-state index in [-0.39, 0.29) is 0 Å². The number of nitrogens with two attached hydrogens (primary N) is 1. The van der Waals surface area contributed by atoms with E-state index in [1.54, 1.807) is 11.3 Å². The van der Waals surface area contributed by atoms with Gasteiger partial charge in [0.15, 0.2) is 5.13 Å². The van der Waals surface area contributed by atoms with E-state index in [1.807, 2.05) is 6.20 Å². The Hall–Kier alpha value is -1.40. The van der Waals surface area contributed by atoms with Crippen LogP contribution < -0.4 is 5.73 Å². The van der Waals surface area contributed by atoms with Crippen molar-refractivity contribution < 1.29 is 0 Å². The number of fused-ring (bicyclic) bond motifs is 1. The summed E-state index contributed by atoms with van der Waals surface area (Å²) in [6.45, 7) is 4.45. The quantitative estimate of drug-likeness (QED) is 0.945. The van der Waals surface area contributed by atoms with Gasteiger partial charge in [0, 0.05) is 42.0 Å². The number of thiazole rings is 1. The molecular weight excluding hydrogens is 294 g/mol. The summed E-state index contributed by atoms with van der Waals surface area (Å²) in [4.78, 5) is 12.7. The first-order valence-corrected chi connectivity index (χ1v) is 9.08. The maximum atomic E-state index is 5.71. The Kier molecular flexibility index (Phi) is 3.88. The number of piperidine rings is 1. The lowest BCUT2D eigenvalue weighted by Gasteiger charge is -2.32. The van der Waals surface area contributed by atoms with E-state index in [1.165, 1.54) is 55.0 Å². The van der Waals surface area contributed by atoms with Gasteiger partial charge in [-0.2, -0.15) is 0 Å². The summed E-state index contributed by atoms with van der Waals surface area (Å²) in [5, 5.41) is 0.675. The van der Waals surface area contributed by atoms with Gasteiger partial charge in [-0.05, 0) is 45.2 Å². The number of rotatable bonds is 3. The third-order valence-electron chi connectivity index (χ3n) is 4.94. The molecule has 4 heterocycles. The molecule has 1 saturated heterocycles. The van der Waals surface area contributed by atoms with Crippen LogP contribution in [0.4, 0.5) is 5.13 Å². The molecule has 0 aromatic carbocycles. The topological polar surface area (TPSA) is 60.0 Å². The van der Waals surface area contributed by atoms with Crippen molar-refractivity contribution >= 4 is 16.5 Å². The number of likely N-dealkylation sites (tertiary alicyclic amines) is 1. The third kappa shape index (κ3) is 2.77. The van der Waals surface area contributed by atoms with E-state index < -0.39 is 0 Å². The van der Waals surface area contributed by atoms with E-state index in [0.29, 0.717) is 11.0 Å². The van der Waals surface area contributed by atoms with Crippen LogP contribution >= 0.6 is 11.3 Å². The van der Waals surface area contributed by atoms with E-state index >= 15 is 0 Å². The Bertz CT molecular complexity index is 639. The summed E-state index contributed by atoms with van der Waals surface area (Å²) in [5.41, 5.74) is 7.16. The largest absolute Gasteiger partial charge is 0.375 e. The second kappa shape index (κ2) is 6.01.